The molecule has 0 aliphatic carbocycles. The van der Waals surface area contributed by atoms with Crippen molar-refractivity contribution in [2.24, 2.45) is 0 Å². The number of hydrogen-bond acceptors (Lipinski definition) is 2. The van der Waals surface area contributed by atoms with Gasteiger partial charge in [-0.15, -0.1) is 0 Å². The molecular formula is C24H25BO2. The minimum Gasteiger partial charge on any atom is -0.399 e. The number of benzene rings is 4. The largest absolute Gasteiger partial charge is 0.495 e. The van der Waals surface area contributed by atoms with E-state index in [0.717, 1.165) is 5.46 Å². The molecule has 1 aliphatic heterocycles. The molecule has 1 fully saturated rings. The van der Waals surface area contributed by atoms with Crippen molar-refractivity contribution < 1.29 is 9.31 Å². The third-order valence-corrected chi connectivity index (χ3v) is 6.75. The minimum atomic E-state index is -0.348. The van der Waals surface area contributed by atoms with Crippen LogP contribution in [0, 0.1) is 13.8 Å². The zero-order chi connectivity index (χ0) is 19.1. The van der Waals surface area contributed by atoms with Crippen molar-refractivity contribution in [3.05, 3.63) is 53.6 Å². The lowest BCUT2D eigenvalue weighted by molar-refractivity contribution is 0.00578. The molecule has 0 aromatic heterocycles. The van der Waals surface area contributed by atoms with Crippen molar-refractivity contribution in [2.45, 2.75) is 52.7 Å². The molecule has 136 valence electrons. The summed E-state index contributed by atoms with van der Waals surface area (Å²) in [6.45, 7) is 12.8. The van der Waals surface area contributed by atoms with Crippen molar-refractivity contribution in [3.8, 4) is 0 Å². The van der Waals surface area contributed by atoms with Gasteiger partial charge in [-0.2, -0.15) is 0 Å². The molecule has 0 N–H and O–H groups in total. The van der Waals surface area contributed by atoms with E-state index in [1.54, 1.807) is 0 Å². The van der Waals surface area contributed by atoms with Gasteiger partial charge in [-0.05, 0) is 90.4 Å². The molecule has 0 spiro atoms. The van der Waals surface area contributed by atoms with E-state index in [1.807, 2.05) is 0 Å². The van der Waals surface area contributed by atoms with Crippen molar-refractivity contribution in [1.29, 1.82) is 0 Å². The average Bonchev–Trinajstić information content (AvgIpc) is 2.83. The zero-order valence-electron chi connectivity index (χ0n) is 16.9. The summed E-state index contributed by atoms with van der Waals surface area (Å²) in [4.78, 5) is 0. The van der Waals surface area contributed by atoms with Gasteiger partial charge in [0, 0.05) is 0 Å². The maximum Gasteiger partial charge on any atom is 0.495 e. The van der Waals surface area contributed by atoms with Crippen LogP contribution in [0.3, 0.4) is 0 Å². The van der Waals surface area contributed by atoms with Crippen molar-refractivity contribution in [1.82, 2.24) is 0 Å². The lowest BCUT2D eigenvalue weighted by atomic mass is 9.73. The summed E-state index contributed by atoms with van der Waals surface area (Å²) < 4.78 is 12.8. The third-order valence-electron chi connectivity index (χ3n) is 6.75. The first-order valence-corrected chi connectivity index (χ1v) is 9.73. The maximum absolute atomic E-state index is 6.40. The molecule has 1 saturated heterocycles. The summed E-state index contributed by atoms with van der Waals surface area (Å²) in [5, 5.41) is 7.85. The summed E-state index contributed by atoms with van der Waals surface area (Å²) in [6, 6.07) is 15.7. The Morgan fingerprint density at radius 3 is 1.93 bits per heavy atom. The normalized spacial score (nSPS) is 19.0. The first kappa shape index (κ1) is 17.0. The van der Waals surface area contributed by atoms with Crippen LogP contribution in [0.4, 0.5) is 0 Å². The van der Waals surface area contributed by atoms with E-state index in [9.17, 15) is 0 Å². The fourth-order valence-corrected chi connectivity index (χ4v) is 4.42. The quantitative estimate of drug-likeness (QED) is 0.331. The second-order valence-electron chi connectivity index (χ2n) is 9.00. The Morgan fingerprint density at radius 1 is 0.667 bits per heavy atom. The molecule has 4 aromatic rings. The van der Waals surface area contributed by atoms with Crippen LogP contribution in [-0.4, -0.2) is 18.3 Å². The van der Waals surface area contributed by atoms with Gasteiger partial charge in [0.05, 0.1) is 11.2 Å². The molecule has 0 atom stereocenters. The topological polar surface area (TPSA) is 18.5 Å². The molecule has 2 nitrogen and oxygen atoms in total. The van der Waals surface area contributed by atoms with E-state index >= 15 is 0 Å². The van der Waals surface area contributed by atoms with Crippen LogP contribution in [0.25, 0.3) is 32.3 Å². The van der Waals surface area contributed by atoms with Crippen LogP contribution in [0.5, 0.6) is 0 Å². The molecule has 3 heteroatoms. The highest BCUT2D eigenvalue weighted by molar-refractivity contribution is 6.65. The van der Waals surface area contributed by atoms with E-state index in [1.165, 1.54) is 43.4 Å². The van der Waals surface area contributed by atoms with Crippen LogP contribution < -0.4 is 5.46 Å². The van der Waals surface area contributed by atoms with Crippen molar-refractivity contribution in [2.75, 3.05) is 0 Å². The maximum atomic E-state index is 6.40. The predicted octanol–water partition coefficient (Wildman–Crippen LogP) is 5.50. The number of hydrogen-bond donors (Lipinski definition) is 0. The van der Waals surface area contributed by atoms with Crippen LogP contribution >= 0.6 is 0 Å². The predicted molar refractivity (Wildman–Crippen MR) is 115 cm³/mol. The molecule has 0 amide bonds. The number of aryl methyl sites for hydroxylation is 2. The highest BCUT2D eigenvalue weighted by Gasteiger charge is 2.52. The van der Waals surface area contributed by atoms with E-state index in [2.05, 4.69) is 84.0 Å². The smallest absolute Gasteiger partial charge is 0.399 e. The van der Waals surface area contributed by atoms with Gasteiger partial charge in [0.2, 0.25) is 0 Å². The van der Waals surface area contributed by atoms with E-state index in [0.29, 0.717) is 0 Å². The second kappa shape index (κ2) is 5.24. The number of rotatable bonds is 1. The van der Waals surface area contributed by atoms with Crippen LogP contribution in [0.2, 0.25) is 0 Å². The van der Waals surface area contributed by atoms with Gasteiger partial charge >= 0.3 is 7.12 Å². The van der Waals surface area contributed by atoms with Gasteiger partial charge < -0.3 is 9.31 Å². The Labute approximate surface area is 160 Å². The summed E-state index contributed by atoms with van der Waals surface area (Å²) in [5.74, 6) is 0. The fourth-order valence-electron chi connectivity index (χ4n) is 4.42. The fraction of sp³-hybridized carbons (Fsp3) is 0.333. The average molecular weight is 356 g/mol. The first-order chi connectivity index (χ1) is 12.7. The zero-order valence-corrected chi connectivity index (χ0v) is 16.9. The highest BCUT2D eigenvalue weighted by Crippen LogP contribution is 2.40. The molecular weight excluding hydrogens is 331 g/mol. The van der Waals surface area contributed by atoms with E-state index < -0.39 is 0 Å². The highest BCUT2D eigenvalue weighted by atomic mass is 16.7. The Bertz CT molecular complexity index is 1190. The summed E-state index contributed by atoms with van der Waals surface area (Å²) in [6.07, 6.45) is 0. The van der Waals surface area contributed by atoms with Crippen LogP contribution in [0.15, 0.2) is 42.5 Å². The molecule has 0 unspecified atom stereocenters. The van der Waals surface area contributed by atoms with Gasteiger partial charge in [-0.3, -0.25) is 0 Å². The van der Waals surface area contributed by atoms with Gasteiger partial charge in [0.25, 0.3) is 0 Å². The second-order valence-corrected chi connectivity index (χ2v) is 9.00. The lowest BCUT2D eigenvalue weighted by Gasteiger charge is -2.32. The standard InChI is InChI=1S/C24H25BO2/c1-14-7-8-16-9-10-18-15(2)13-20(19-12-11-17(14)21(16)22(18)19)25-26-23(3,4)24(5,6)27-25/h7-13H,1-6H3. The Balaban J connectivity index is 1.86. The Kier molecular flexibility index (Phi) is 3.31. The monoisotopic (exact) mass is 356 g/mol. The SMILES string of the molecule is Cc1ccc2ccc3c(C)cc(B4OC(C)(C)C(C)(C)O4)c4ccc1c2c34. The third kappa shape index (κ3) is 2.22. The minimum absolute atomic E-state index is 0.341. The first-order valence-electron chi connectivity index (χ1n) is 9.73. The van der Waals surface area contributed by atoms with Crippen LogP contribution in [0.1, 0.15) is 38.8 Å². The van der Waals surface area contributed by atoms with Gasteiger partial charge in [-0.1, -0.05) is 42.5 Å². The molecule has 4 aromatic carbocycles. The molecule has 0 saturated carbocycles. The van der Waals surface area contributed by atoms with Crippen molar-refractivity contribution in [3.63, 3.8) is 0 Å². The lowest BCUT2D eigenvalue weighted by Crippen LogP contribution is -2.41. The summed E-state index contributed by atoms with van der Waals surface area (Å²) >= 11 is 0. The van der Waals surface area contributed by atoms with Gasteiger partial charge in [0.1, 0.15) is 0 Å². The summed E-state index contributed by atoms with van der Waals surface area (Å²) in [7, 11) is -0.348. The van der Waals surface area contributed by atoms with Gasteiger partial charge in [0.15, 0.2) is 0 Å². The molecule has 1 heterocycles. The van der Waals surface area contributed by atoms with Crippen molar-refractivity contribution >= 4 is 44.9 Å². The Morgan fingerprint density at radius 2 is 1.22 bits per heavy atom. The molecule has 0 bridgehead atoms. The molecule has 27 heavy (non-hydrogen) atoms. The molecule has 0 radical (unpaired) electrons. The Hall–Kier alpha value is -2.10. The van der Waals surface area contributed by atoms with E-state index in [4.69, 9.17) is 9.31 Å². The van der Waals surface area contributed by atoms with E-state index in [-0.39, 0.29) is 18.3 Å². The molecule has 1 aliphatic rings. The van der Waals surface area contributed by atoms with Crippen LogP contribution in [-0.2, 0) is 9.31 Å². The summed E-state index contributed by atoms with van der Waals surface area (Å²) in [5.41, 5.74) is 3.03. The molecule has 5 rings (SSSR count). The van der Waals surface area contributed by atoms with Gasteiger partial charge in [-0.25, -0.2) is 0 Å².